The van der Waals surface area contributed by atoms with Crippen LogP contribution in [0.1, 0.15) is 6.92 Å². The van der Waals surface area contributed by atoms with Gasteiger partial charge in [-0.15, -0.1) is 0 Å². The lowest BCUT2D eigenvalue weighted by molar-refractivity contribution is -0.894. The van der Waals surface area contributed by atoms with Crippen LogP contribution in [0.25, 0.3) is 0 Å². The molecule has 0 fully saturated rings. The van der Waals surface area contributed by atoms with Crippen molar-refractivity contribution < 1.29 is 19.2 Å². The van der Waals surface area contributed by atoms with Crippen molar-refractivity contribution in [3.05, 3.63) is 53.6 Å². The second-order valence-corrected chi connectivity index (χ2v) is 6.25. The molecular weight excluding hydrogens is 340 g/mol. The third kappa shape index (κ3) is 5.66. The first kappa shape index (κ1) is 19.1. The number of halogens is 1. The zero-order valence-electron chi connectivity index (χ0n) is 14.7. The number of ether oxygens (including phenoxy) is 2. The van der Waals surface area contributed by atoms with E-state index in [-0.39, 0.29) is 11.9 Å². The van der Waals surface area contributed by atoms with E-state index in [1.165, 1.54) is 0 Å². The average Bonchev–Trinajstić information content (AvgIpc) is 2.63. The molecule has 134 valence electrons. The molecule has 2 aromatic carbocycles. The van der Waals surface area contributed by atoms with Crippen molar-refractivity contribution in [1.29, 1.82) is 0 Å². The van der Waals surface area contributed by atoms with E-state index in [1.54, 1.807) is 19.2 Å². The first-order valence-electron chi connectivity index (χ1n) is 8.16. The minimum atomic E-state index is -0.223. The summed E-state index contributed by atoms with van der Waals surface area (Å²) in [6.07, 6.45) is 0. The van der Waals surface area contributed by atoms with Gasteiger partial charge in [0.25, 0.3) is 5.91 Å². The first-order valence-corrected chi connectivity index (χ1v) is 8.53. The number of amides is 1. The molecule has 2 atom stereocenters. The summed E-state index contributed by atoms with van der Waals surface area (Å²) < 4.78 is 10.9. The average molecular weight is 364 g/mol. The third-order valence-corrected chi connectivity index (χ3v) is 4.33. The van der Waals surface area contributed by atoms with Crippen molar-refractivity contribution in [3.8, 4) is 11.5 Å². The Morgan fingerprint density at radius 3 is 2.56 bits per heavy atom. The SMILES string of the molecule is COc1ccccc1NC(=O)[C@H](C)[NH+](C)CCOc1ccc(Cl)cc1. The molecule has 1 unspecified atom stereocenters. The minimum absolute atomic E-state index is 0.0616. The molecule has 2 rings (SSSR count). The zero-order valence-corrected chi connectivity index (χ0v) is 15.5. The van der Waals surface area contributed by atoms with E-state index in [2.05, 4.69) is 5.32 Å². The highest BCUT2D eigenvalue weighted by molar-refractivity contribution is 6.30. The van der Waals surface area contributed by atoms with Crippen LogP contribution in [-0.2, 0) is 4.79 Å². The van der Waals surface area contributed by atoms with Crippen LogP contribution in [0.3, 0.4) is 0 Å². The Kier molecular flexibility index (Phi) is 7.10. The van der Waals surface area contributed by atoms with Crippen LogP contribution < -0.4 is 19.7 Å². The van der Waals surface area contributed by atoms with Crippen molar-refractivity contribution in [2.45, 2.75) is 13.0 Å². The van der Waals surface area contributed by atoms with Crippen LogP contribution in [0, 0.1) is 0 Å². The Hall–Kier alpha value is -2.24. The second kappa shape index (κ2) is 9.30. The first-order chi connectivity index (χ1) is 12.0. The molecule has 1 amide bonds. The van der Waals surface area contributed by atoms with Gasteiger partial charge < -0.3 is 19.7 Å². The van der Waals surface area contributed by atoms with E-state index >= 15 is 0 Å². The van der Waals surface area contributed by atoms with E-state index in [9.17, 15) is 4.79 Å². The highest BCUT2D eigenvalue weighted by atomic mass is 35.5. The number of hydrogen-bond acceptors (Lipinski definition) is 3. The van der Waals surface area contributed by atoms with Gasteiger partial charge >= 0.3 is 0 Å². The summed E-state index contributed by atoms with van der Waals surface area (Å²) in [5, 5.41) is 3.59. The Morgan fingerprint density at radius 1 is 1.20 bits per heavy atom. The van der Waals surface area contributed by atoms with Crippen LogP contribution in [0.5, 0.6) is 11.5 Å². The van der Waals surface area contributed by atoms with Crippen LogP contribution in [0.15, 0.2) is 48.5 Å². The number of benzene rings is 2. The van der Waals surface area contributed by atoms with Crippen LogP contribution >= 0.6 is 11.6 Å². The van der Waals surface area contributed by atoms with E-state index in [0.717, 1.165) is 10.6 Å². The number of hydrogen-bond donors (Lipinski definition) is 2. The Labute approximate surface area is 153 Å². The smallest absolute Gasteiger partial charge is 0.282 e. The maximum atomic E-state index is 12.4. The molecule has 0 saturated carbocycles. The van der Waals surface area contributed by atoms with Crippen molar-refractivity contribution in [3.63, 3.8) is 0 Å². The van der Waals surface area contributed by atoms with Crippen LogP contribution in [0.4, 0.5) is 5.69 Å². The van der Waals surface area contributed by atoms with Gasteiger partial charge in [-0.3, -0.25) is 4.79 Å². The van der Waals surface area contributed by atoms with Gasteiger partial charge in [0, 0.05) is 5.02 Å². The number of carbonyl (C=O) groups excluding carboxylic acids is 1. The predicted molar refractivity (Wildman–Crippen MR) is 99.8 cm³/mol. The van der Waals surface area contributed by atoms with Crippen molar-refractivity contribution >= 4 is 23.2 Å². The largest absolute Gasteiger partial charge is 0.495 e. The predicted octanol–water partition coefficient (Wildman–Crippen LogP) is 2.27. The summed E-state index contributed by atoms with van der Waals surface area (Å²) in [6.45, 7) is 3.10. The third-order valence-electron chi connectivity index (χ3n) is 4.08. The molecule has 0 bridgehead atoms. The van der Waals surface area contributed by atoms with Crippen molar-refractivity contribution in [1.82, 2.24) is 0 Å². The summed E-state index contributed by atoms with van der Waals surface area (Å²) in [7, 11) is 3.55. The molecular formula is C19H24ClN2O3+. The molecule has 5 nitrogen and oxygen atoms in total. The Bertz CT molecular complexity index is 691. The molecule has 0 aliphatic heterocycles. The lowest BCUT2D eigenvalue weighted by Crippen LogP contribution is -3.14. The summed E-state index contributed by atoms with van der Waals surface area (Å²) in [5.41, 5.74) is 0.673. The number of carbonyl (C=O) groups is 1. The molecule has 0 radical (unpaired) electrons. The molecule has 0 heterocycles. The maximum absolute atomic E-state index is 12.4. The molecule has 0 aromatic heterocycles. The number of rotatable bonds is 8. The molecule has 2 aromatic rings. The van der Waals surface area contributed by atoms with E-state index in [1.807, 2.05) is 50.4 Å². The summed E-state index contributed by atoms with van der Waals surface area (Å²) >= 11 is 5.85. The van der Waals surface area contributed by atoms with E-state index in [0.29, 0.717) is 29.6 Å². The van der Waals surface area contributed by atoms with Gasteiger partial charge in [-0.1, -0.05) is 23.7 Å². The molecule has 0 saturated heterocycles. The Morgan fingerprint density at radius 2 is 1.88 bits per heavy atom. The Balaban J connectivity index is 1.83. The number of anilines is 1. The molecule has 25 heavy (non-hydrogen) atoms. The van der Waals surface area contributed by atoms with Gasteiger partial charge in [-0.05, 0) is 43.3 Å². The van der Waals surface area contributed by atoms with E-state index in [4.69, 9.17) is 21.1 Å². The second-order valence-electron chi connectivity index (χ2n) is 5.81. The van der Waals surface area contributed by atoms with Gasteiger partial charge in [0.15, 0.2) is 6.04 Å². The maximum Gasteiger partial charge on any atom is 0.282 e. The van der Waals surface area contributed by atoms with Crippen molar-refractivity contribution in [2.24, 2.45) is 0 Å². The number of methoxy groups -OCH3 is 1. The van der Waals surface area contributed by atoms with Gasteiger partial charge in [-0.2, -0.15) is 0 Å². The van der Waals surface area contributed by atoms with Gasteiger partial charge in [0.05, 0.1) is 19.8 Å². The van der Waals surface area contributed by atoms with E-state index < -0.39 is 0 Å². The fourth-order valence-electron chi connectivity index (χ4n) is 2.29. The minimum Gasteiger partial charge on any atom is -0.495 e. The molecule has 0 aliphatic carbocycles. The normalized spacial score (nSPS) is 13.0. The molecule has 0 spiro atoms. The highest BCUT2D eigenvalue weighted by Gasteiger charge is 2.22. The van der Waals surface area contributed by atoms with Crippen LogP contribution in [0.2, 0.25) is 5.02 Å². The zero-order chi connectivity index (χ0) is 18.2. The standard InChI is InChI=1S/C19H23ClN2O3/c1-14(19(23)21-17-6-4-5-7-18(17)24-3)22(2)12-13-25-16-10-8-15(20)9-11-16/h4-11,14H,12-13H2,1-3H3,(H,21,23)/p+1/t14-/m0/s1. The lowest BCUT2D eigenvalue weighted by Gasteiger charge is -2.21. The summed E-state index contributed by atoms with van der Waals surface area (Å²) in [6, 6.07) is 14.4. The van der Waals surface area contributed by atoms with Gasteiger partial charge in [0.2, 0.25) is 0 Å². The molecule has 0 aliphatic rings. The quantitative estimate of drug-likeness (QED) is 0.756. The fourth-order valence-corrected chi connectivity index (χ4v) is 2.42. The number of para-hydroxylation sites is 2. The number of quaternary nitrogens is 1. The van der Waals surface area contributed by atoms with Gasteiger partial charge in [0.1, 0.15) is 24.7 Å². The summed E-state index contributed by atoms with van der Waals surface area (Å²) in [4.78, 5) is 13.5. The van der Waals surface area contributed by atoms with Crippen LogP contribution in [-0.4, -0.2) is 39.3 Å². The van der Waals surface area contributed by atoms with Crippen molar-refractivity contribution in [2.75, 3.05) is 32.6 Å². The monoisotopic (exact) mass is 363 g/mol. The fraction of sp³-hybridized carbons (Fsp3) is 0.316. The lowest BCUT2D eigenvalue weighted by atomic mass is 10.2. The molecule has 6 heteroatoms. The molecule has 2 N–H and O–H groups in total. The number of likely N-dealkylation sites (N-methyl/N-ethyl adjacent to an activating group) is 1. The summed E-state index contributed by atoms with van der Waals surface area (Å²) in [5.74, 6) is 1.35. The highest BCUT2D eigenvalue weighted by Crippen LogP contribution is 2.22. The van der Waals surface area contributed by atoms with Gasteiger partial charge in [-0.25, -0.2) is 0 Å². The topological polar surface area (TPSA) is 52.0 Å². The number of nitrogens with one attached hydrogen (secondary N) is 2.